The van der Waals surface area contributed by atoms with Crippen LogP contribution in [-0.4, -0.2) is 57.6 Å². The summed E-state index contributed by atoms with van der Waals surface area (Å²) in [5, 5.41) is 5.54. The molecule has 2 aromatic rings. The highest BCUT2D eigenvalue weighted by molar-refractivity contribution is 6.10. The maximum absolute atomic E-state index is 12.7. The number of rotatable bonds is 9. The Hall–Kier alpha value is -2.94. The quantitative estimate of drug-likeness (QED) is 0.484. The molecule has 0 bridgehead atoms. The summed E-state index contributed by atoms with van der Waals surface area (Å²) in [6, 6.07) is 7.10. The third-order valence-electron chi connectivity index (χ3n) is 5.78. The Morgan fingerprint density at radius 2 is 2.10 bits per heavy atom. The molecule has 0 spiro atoms. The predicted molar refractivity (Wildman–Crippen MR) is 111 cm³/mol. The average molecular weight is 413 g/mol. The number of aromatic nitrogens is 2. The van der Waals surface area contributed by atoms with Gasteiger partial charge in [0.1, 0.15) is 12.1 Å². The third-order valence-corrected chi connectivity index (χ3v) is 5.78. The summed E-state index contributed by atoms with van der Waals surface area (Å²) in [5.41, 5.74) is 0.769. The molecule has 2 aliphatic rings. The maximum atomic E-state index is 12.7. The molecule has 9 nitrogen and oxygen atoms in total. The van der Waals surface area contributed by atoms with E-state index in [9.17, 15) is 14.4 Å². The fourth-order valence-corrected chi connectivity index (χ4v) is 3.97. The van der Waals surface area contributed by atoms with Crippen LogP contribution in [0.4, 0.5) is 10.7 Å². The Kier molecular flexibility index (Phi) is 5.46. The number of imide groups is 1. The van der Waals surface area contributed by atoms with Gasteiger partial charge in [-0.1, -0.05) is 12.1 Å². The molecule has 1 aromatic heterocycles. The molecule has 0 radical (unpaired) electrons. The van der Waals surface area contributed by atoms with Crippen LogP contribution in [0.25, 0.3) is 11.0 Å². The predicted octanol–water partition coefficient (Wildman–Crippen LogP) is 2.12. The number of ether oxygens (including phenoxy) is 1. The number of fused-ring (bicyclic) bond motifs is 1. The van der Waals surface area contributed by atoms with Crippen LogP contribution in [0.15, 0.2) is 24.3 Å². The second kappa shape index (κ2) is 8.06. The topological polar surface area (TPSA) is 106 Å². The van der Waals surface area contributed by atoms with Crippen LogP contribution in [-0.2, 0) is 20.9 Å². The molecule has 30 heavy (non-hydrogen) atoms. The van der Waals surface area contributed by atoms with Crippen molar-refractivity contribution in [2.75, 3.05) is 25.1 Å². The number of amides is 4. The van der Waals surface area contributed by atoms with E-state index in [2.05, 4.69) is 15.6 Å². The first-order valence-corrected chi connectivity index (χ1v) is 10.4. The minimum absolute atomic E-state index is 0.150. The second-order valence-electron chi connectivity index (χ2n) is 7.97. The highest BCUT2D eigenvalue weighted by Gasteiger charge is 2.56. The highest BCUT2D eigenvalue weighted by Crippen LogP contribution is 2.42. The van der Waals surface area contributed by atoms with Crippen molar-refractivity contribution in [2.45, 2.75) is 45.2 Å². The van der Waals surface area contributed by atoms with Crippen molar-refractivity contribution in [1.82, 2.24) is 19.8 Å². The summed E-state index contributed by atoms with van der Waals surface area (Å²) in [5.74, 6) is -0.249. The molecular formula is C21H27N5O4. The first-order valence-electron chi connectivity index (χ1n) is 10.4. The molecule has 1 saturated carbocycles. The van der Waals surface area contributed by atoms with Gasteiger partial charge in [-0.25, -0.2) is 9.78 Å². The molecule has 1 aliphatic carbocycles. The van der Waals surface area contributed by atoms with Crippen molar-refractivity contribution in [1.29, 1.82) is 0 Å². The van der Waals surface area contributed by atoms with Gasteiger partial charge in [-0.05, 0) is 51.2 Å². The first kappa shape index (κ1) is 20.3. The van der Waals surface area contributed by atoms with E-state index in [-0.39, 0.29) is 18.4 Å². The van der Waals surface area contributed by atoms with Gasteiger partial charge in [-0.3, -0.25) is 19.8 Å². The van der Waals surface area contributed by atoms with Crippen LogP contribution in [0.3, 0.4) is 0 Å². The molecule has 160 valence electrons. The number of imidazole rings is 1. The van der Waals surface area contributed by atoms with Gasteiger partial charge in [0.25, 0.3) is 5.91 Å². The van der Waals surface area contributed by atoms with Gasteiger partial charge in [0.2, 0.25) is 11.9 Å². The Morgan fingerprint density at radius 3 is 2.83 bits per heavy atom. The van der Waals surface area contributed by atoms with Crippen molar-refractivity contribution >= 4 is 34.8 Å². The fraction of sp³-hybridized carbons (Fsp3) is 0.524. The lowest BCUT2D eigenvalue weighted by molar-refractivity contribution is -0.134. The highest BCUT2D eigenvalue weighted by atomic mass is 16.5. The molecule has 1 saturated heterocycles. The van der Waals surface area contributed by atoms with Gasteiger partial charge in [0, 0.05) is 19.8 Å². The third kappa shape index (κ3) is 3.77. The smallest absolute Gasteiger partial charge is 0.325 e. The molecule has 1 aliphatic heterocycles. The number of hydrogen-bond donors (Lipinski definition) is 2. The van der Waals surface area contributed by atoms with E-state index < -0.39 is 17.5 Å². The lowest BCUT2D eigenvalue weighted by Gasteiger charge is -2.20. The number of nitrogens with zero attached hydrogens (tertiary/aromatic N) is 3. The average Bonchev–Trinajstić information content (AvgIpc) is 3.49. The minimum Gasteiger partial charge on any atom is -0.382 e. The van der Waals surface area contributed by atoms with Gasteiger partial charge in [0.05, 0.1) is 11.0 Å². The van der Waals surface area contributed by atoms with E-state index in [4.69, 9.17) is 4.74 Å². The van der Waals surface area contributed by atoms with Gasteiger partial charge >= 0.3 is 6.03 Å². The van der Waals surface area contributed by atoms with Crippen molar-refractivity contribution in [3.05, 3.63) is 24.3 Å². The van der Waals surface area contributed by atoms with Crippen LogP contribution in [0.2, 0.25) is 0 Å². The molecule has 1 atom stereocenters. The lowest BCUT2D eigenvalue weighted by atomic mass is 9.96. The van der Waals surface area contributed by atoms with Gasteiger partial charge in [-0.15, -0.1) is 0 Å². The Morgan fingerprint density at radius 1 is 1.33 bits per heavy atom. The summed E-state index contributed by atoms with van der Waals surface area (Å²) in [7, 11) is 0. The Balaban J connectivity index is 1.47. The first-order chi connectivity index (χ1) is 14.4. The van der Waals surface area contributed by atoms with Crippen LogP contribution < -0.4 is 10.6 Å². The van der Waals surface area contributed by atoms with Crippen LogP contribution in [0, 0.1) is 5.92 Å². The summed E-state index contributed by atoms with van der Waals surface area (Å²) in [6.07, 6.45) is 2.59. The number of urea groups is 1. The summed E-state index contributed by atoms with van der Waals surface area (Å²) >= 11 is 0. The molecule has 2 heterocycles. The molecule has 2 fully saturated rings. The zero-order valence-corrected chi connectivity index (χ0v) is 17.3. The van der Waals surface area contributed by atoms with E-state index >= 15 is 0 Å². The number of nitrogens with one attached hydrogen (secondary N) is 2. The standard InChI is InChI=1S/C21H27N5O4/c1-3-30-12-6-11-25-16-8-5-4-7-15(16)22-19(25)23-17(27)13-26-18(28)21(2,14-9-10-14)24-20(26)29/h4-5,7-8,14H,3,6,9-13H2,1-2H3,(H,24,29)(H,22,23,27). The second-order valence-corrected chi connectivity index (χ2v) is 7.97. The summed E-state index contributed by atoms with van der Waals surface area (Å²) in [4.78, 5) is 43.3. The van der Waals surface area contributed by atoms with Crippen molar-refractivity contribution < 1.29 is 19.1 Å². The van der Waals surface area contributed by atoms with Gasteiger partial charge in [0.15, 0.2) is 0 Å². The zero-order chi connectivity index (χ0) is 21.3. The monoisotopic (exact) mass is 413 g/mol. The zero-order valence-electron chi connectivity index (χ0n) is 17.3. The molecule has 1 unspecified atom stereocenters. The van der Waals surface area contributed by atoms with E-state index in [0.29, 0.717) is 25.7 Å². The molecular weight excluding hydrogens is 386 g/mol. The summed E-state index contributed by atoms with van der Waals surface area (Å²) in [6.45, 7) is 5.23. The van der Waals surface area contributed by atoms with E-state index in [1.807, 2.05) is 35.8 Å². The molecule has 4 rings (SSSR count). The number of benzene rings is 1. The van der Waals surface area contributed by atoms with Gasteiger partial charge in [-0.2, -0.15) is 0 Å². The van der Waals surface area contributed by atoms with Crippen molar-refractivity contribution in [3.63, 3.8) is 0 Å². The van der Waals surface area contributed by atoms with E-state index in [0.717, 1.165) is 35.2 Å². The number of para-hydroxylation sites is 2. The Bertz CT molecular complexity index is 983. The SMILES string of the molecule is CCOCCCn1c(NC(=O)CN2C(=O)NC(C)(C3CC3)C2=O)nc2ccccc21. The number of carbonyl (C=O) groups is 3. The molecule has 9 heteroatoms. The Labute approximate surface area is 174 Å². The number of hydrogen-bond acceptors (Lipinski definition) is 5. The van der Waals surface area contributed by atoms with Crippen molar-refractivity contribution in [3.8, 4) is 0 Å². The van der Waals surface area contributed by atoms with Gasteiger partial charge < -0.3 is 14.6 Å². The number of aryl methyl sites for hydroxylation is 1. The largest absolute Gasteiger partial charge is 0.382 e. The fourth-order valence-electron chi connectivity index (χ4n) is 3.97. The molecule has 2 N–H and O–H groups in total. The van der Waals surface area contributed by atoms with Crippen LogP contribution in [0.1, 0.15) is 33.1 Å². The minimum atomic E-state index is -0.899. The summed E-state index contributed by atoms with van der Waals surface area (Å²) < 4.78 is 7.33. The number of carbonyl (C=O) groups excluding carboxylic acids is 3. The lowest BCUT2D eigenvalue weighted by Crippen LogP contribution is -2.46. The van der Waals surface area contributed by atoms with Crippen molar-refractivity contribution in [2.24, 2.45) is 5.92 Å². The molecule has 4 amide bonds. The normalized spacial score (nSPS) is 21.3. The maximum Gasteiger partial charge on any atom is 0.325 e. The van der Waals surface area contributed by atoms with E-state index in [1.165, 1.54) is 0 Å². The van der Waals surface area contributed by atoms with E-state index in [1.54, 1.807) is 6.92 Å². The van der Waals surface area contributed by atoms with Crippen LogP contribution in [0.5, 0.6) is 0 Å². The van der Waals surface area contributed by atoms with Crippen LogP contribution >= 0.6 is 0 Å². The molecule has 1 aromatic carbocycles. The number of anilines is 1.